The van der Waals surface area contributed by atoms with E-state index in [9.17, 15) is 4.79 Å². The van der Waals surface area contributed by atoms with Gasteiger partial charge in [0.2, 0.25) is 5.16 Å². The van der Waals surface area contributed by atoms with Gasteiger partial charge in [-0.15, -0.1) is 16.4 Å². The first kappa shape index (κ1) is 17.5. The molecule has 3 aromatic heterocycles. The molecule has 0 unspecified atom stereocenters. The number of thiophene rings is 1. The Bertz CT molecular complexity index is 906. The molecule has 0 spiro atoms. The molecule has 0 bridgehead atoms. The van der Waals surface area contributed by atoms with E-state index in [1.807, 2.05) is 13.0 Å². The van der Waals surface area contributed by atoms with Crippen molar-refractivity contribution in [2.45, 2.75) is 50.7 Å². The average Bonchev–Trinajstić information content (AvgIpc) is 3.05. The van der Waals surface area contributed by atoms with Gasteiger partial charge < -0.3 is 4.57 Å². The minimum absolute atomic E-state index is 0.142. The van der Waals surface area contributed by atoms with Gasteiger partial charge in [-0.05, 0) is 50.6 Å². The van der Waals surface area contributed by atoms with Crippen LogP contribution in [0.2, 0.25) is 0 Å². The second-order valence-corrected chi connectivity index (χ2v) is 8.73. The monoisotopic (exact) mass is 386 g/mol. The maximum Gasteiger partial charge on any atom is 0.208 e. The lowest BCUT2D eigenvalue weighted by molar-refractivity contribution is 0.102. The predicted molar refractivity (Wildman–Crippen MR) is 105 cm³/mol. The minimum Gasteiger partial charge on any atom is -0.348 e. The molecule has 3 aromatic rings. The summed E-state index contributed by atoms with van der Waals surface area (Å²) in [4.78, 5) is 18.5. The maximum atomic E-state index is 12.7. The van der Waals surface area contributed by atoms with E-state index in [-0.39, 0.29) is 5.78 Å². The highest BCUT2D eigenvalue weighted by Gasteiger charge is 2.27. The number of carbonyl (C=O) groups excluding carboxylic acids is 1. The molecule has 0 saturated heterocycles. The summed E-state index contributed by atoms with van der Waals surface area (Å²) in [5, 5.41) is 9.98. The standard InChI is InChI=1S/C19H22N4OS2/c1-12-10-16(13(2)23(12)8-7-15-4-3-9-25-15)17(24)11-26-19-20-18(21-22-19)14-5-6-14/h3-4,9-10,14H,5-8,11H2,1-2H3,(H,20,21,22). The average molecular weight is 387 g/mol. The number of nitrogens with one attached hydrogen (secondary N) is 1. The van der Waals surface area contributed by atoms with Crippen molar-refractivity contribution in [1.82, 2.24) is 19.7 Å². The molecule has 1 fully saturated rings. The number of ketones is 1. The molecule has 0 radical (unpaired) electrons. The van der Waals surface area contributed by atoms with Gasteiger partial charge in [-0.25, -0.2) is 4.98 Å². The summed E-state index contributed by atoms with van der Waals surface area (Å²) < 4.78 is 2.25. The van der Waals surface area contributed by atoms with Gasteiger partial charge in [0.1, 0.15) is 5.82 Å². The molecule has 1 saturated carbocycles. The second kappa shape index (κ2) is 7.40. The van der Waals surface area contributed by atoms with Crippen LogP contribution in [0, 0.1) is 13.8 Å². The smallest absolute Gasteiger partial charge is 0.208 e. The van der Waals surface area contributed by atoms with E-state index in [1.54, 1.807) is 11.3 Å². The fourth-order valence-electron chi connectivity index (χ4n) is 3.17. The van der Waals surface area contributed by atoms with Crippen molar-refractivity contribution in [3.63, 3.8) is 0 Å². The molecule has 7 heteroatoms. The zero-order chi connectivity index (χ0) is 18.1. The van der Waals surface area contributed by atoms with Crippen LogP contribution in [0.4, 0.5) is 0 Å². The van der Waals surface area contributed by atoms with Crippen LogP contribution in [0.25, 0.3) is 0 Å². The van der Waals surface area contributed by atoms with Crippen LogP contribution in [0.1, 0.15) is 51.2 Å². The summed E-state index contributed by atoms with van der Waals surface area (Å²) in [6, 6.07) is 6.26. The van der Waals surface area contributed by atoms with Crippen molar-refractivity contribution in [2.75, 3.05) is 5.75 Å². The Balaban J connectivity index is 1.39. The molecule has 1 aliphatic rings. The SMILES string of the molecule is Cc1cc(C(=O)CSc2n[nH]c(C3CC3)n2)c(C)n1CCc1cccs1. The number of nitrogens with zero attached hydrogens (tertiary/aromatic N) is 3. The zero-order valence-corrected chi connectivity index (χ0v) is 16.6. The van der Waals surface area contributed by atoms with Crippen LogP contribution < -0.4 is 0 Å². The normalized spacial score (nSPS) is 14.1. The van der Waals surface area contributed by atoms with Crippen LogP contribution in [-0.4, -0.2) is 31.3 Å². The molecule has 0 aliphatic heterocycles. The minimum atomic E-state index is 0.142. The van der Waals surface area contributed by atoms with Gasteiger partial charge in [-0.3, -0.25) is 9.89 Å². The molecule has 26 heavy (non-hydrogen) atoms. The van der Waals surface area contributed by atoms with Gasteiger partial charge in [0.05, 0.1) is 5.75 Å². The lowest BCUT2D eigenvalue weighted by Crippen LogP contribution is -2.08. The van der Waals surface area contributed by atoms with Gasteiger partial charge in [0.15, 0.2) is 5.78 Å². The highest BCUT2D eigenvalue weighted by atomic mass is 32.2. The largest absolute Gasteiger partial charge is 0.348 e. The molecule has 0 atom stereocenters. The third kappa shape index (κ3) is 3.78. The number of rotatable bonds is 8. The summed E-state index contributed by atoms with van der Waals surface area (Å²) in [5.74, 6) is 2.03. The van der Waals surface area contributed by atoms with Crippen LogP contribution in [-0.2, 0) is 13.0 Å². The van der Waals surface area contributed by atoms with E-state index in [4.69, 9.17) is 0 Å². The predicted octanol–water partition coefficient (Wildman–Crippen LogP) is 4.38. The molecule has 4 rings (SSSR count). The number of hydrogen-bond donors (Lipinski definition) is 1. The number of aryl methyl sites for hydroxylation is 2. The van der Waals surface area contributed by atoms with Gasteiger partial charge in [0, 0.05) is 34.3 Å². The first-order valence-corrected chi connectivity index (χ1v) is 10.8. The van der Waals surface area contributed by atoms with Crippen LogP contribution in [0.3, 0.4) is 0 Å². The maximum absolute atomic E-state index is 12.7. The number of H-pyrrole nitrogens is 1. The summed E-state index contributed by atoms with van der Waals surface area (Å²) >= 11 is 3.19. The van der Waals surface area contributed by atoms with Gasteiger partial charge >= 0.3 is 0 Å². The third-order valence-corrected chi connectivity index (χ3v) is 6.60. The fraction of sp³-hybridized carbons (Fsp3) is 0.421. The highest BCUT2D eigenvalue weighted by Crippen LogP contribution is 2.38. The number of Topliss-reactive ketones (excluding diaryl/α,β-unsaturated/α-hetero) is 1. The molecule has 136 valence electrons. The van der Waals surface area contributed by atoms with E-state index in [2.05, 4.69) is 44.2 Å². The van der Waals surface area contributed by atoms with Crippen molar-refractivity contribution >= 4 is 28.9 Å². The van der Waals surface area contributed by atoms with Crippen LogP contribution >= 0.6 is 23.1 Å². The Hall–Kier alpha value is -1.86. The Kier molecular flexibility index (Phi) is 5.00. The molecule has 1 aliphatic carbocycles. The quantitative estimate of drug-likeness (QED) is 0.461. The number of aromatic nitrogens is 4. The Morgan fingerprint density at radius 3 is 3.00 bits per heavy atom. The van der Waals surface area contributed by atoms with Crippen LogP contribution in [0.15, 0.2) is 28.7 Å². The summed E-state index contributed by atoms with van der Waals surface area (Å²) in [6.07, 6.45) is 3.38. The molecule has 0 amide bonds. The number of hydrogen-bond acceptors (Lipinski definition) is 5. The van der Waals surface area contributed by atoms with Gasteiger partial charge in [0.25, 0.3) is 0 Å². The summed E-state index contributed by atoms with van der Waals surface area (Å²) in [6.45, 7) is 5.02. The lowest BCUT2D eigenvalue weighted by atomic mass is 10.2. The van der Waals surface area contributed by atoms with E-state index >= 15 is 0 Å². The first-order valence-electron chi connectivity index (χ1n) is 8.89. The molecule has 0 aromatic carbocycles. The molecule has 5 nitrogen and oxygen atoms in total. The molecule has 1 N–H and O–H groups in total. The molecular formula is C19H22N4OS2. The Labute approximate surface area is 161 Å². The second-order valence-electron chi connectivity index (χ2n) is 6.76. The lowest BCUT2D eigenvalue weighted by Gasteiger charge is -2.09. The number of thioether (sulfide) groups is 1. The van der Waals surface area contributed by atoms with E-state index in [0.717, 1.165) is 35.7 Å². The zero-order valence-electron chi connectivity index (χ0n) is 15.0. The summed E-state index contributed by atoms with van der Waals surface area (Å²) in [7, 11) is 0. The molecular weight excluding hydrogens is 364 g/mol. The fourth-order valence-corrected chi connectivity index (χ4v) is 4.56. The number of carbonyl (C=O) groups is 1. The van der Waals surface area contributed by atoms with Gasteiger partial charge in [-0.1, -0.05) is 17.8 Å². The Morgan fingerprint density at radius 1 is 1.42 bits per heavy atom. The number of aromatic amines is 1. The van der Waals surface area contributed by atoms with Crippen molar-refractivity contribution in [3.05, 3.63) is 51.2 Å². The van der Waals surface area contributed by atoms with Crippen molar-refractivity contribution < 1.29 is 4.79 Å². The Morgan fingerprint density at radius 2 is 2.27 bits per heavy atom. The topological polar surface area (TPSA) is 63.6 Å². The molecule has 3 heterocycles. The van der Waals surface area contributed by atoms with Crippen molar-refractivity contribution in [1.29, 1.82) is 0 Å². The van der Waals surface area contributed by atoms with E-state index in [0.29, 0.717) is 16.8 Å². The highest BCUT2D eigenvalue weighted by molar-refractivity contribution is 7.99. The van der Waals surface area contributed by atoms with Crippen molar-refractivity contribution in [3.8, 4) is 0 Å². The van der Waals surface area contributed by atoms with E-state index < -0.39 is 0 Å². The third-order valence-electron chi connectivity index (χ3n) is 4.81. The van der Waals surface area contributed by atoms with Crippen molar-refractivity contribution in [2.24, 2.45) is 0 Å². The van der Waals surface area contributed by atoms with E-state index in [1.165, 1.54) is 29.5 Å². The summed E-state index contributed by atoms with van der Waals surface area (Å²) in [5.41, 5.74) is 3.01. The first-order chi connectivity index (χ1) is 12.6. The van der Waals surface area contributed by atoms with Crippen LogP contribution in [0.5, 0.6) is 0 Å². The van der Waals surface area contributed by atoms with Gasteiger partial charge in [-0.2, -0.15) is 0 Å².